The van der Waals surface area contributed by atoms with Crippen molar-refractivity contribution in [3.63, 3.8) is 0 Å². The van der Waals surface area contributed by atoms with Crippen LogP contribution in [0.2, 0.25) is 0 Å². The van der Waals surface area contributed by atoms with Crippen molar-refractivity contribution in [1.29, 1.82) is 0 Å². The molecule has 0 unspecified atom stereocenters. The quantitative estimate of drug-likeness (QED) is 0.0690. The van der Waals surface area contributed by atoms with E-state index in [9.17, 15) is 14.7 Å². The molecule has 4 atom stereocenters. The van der Waals surface area contributed by atoms with Crippen molar-refractivity contribution in [3.05, 3.63) is 119 Å². The van der Waals surface area contributed by atoms with Crippen LogP contribution in [0.1, 0.15) is 92.4 Å². The summed E-state index contributed by atoms with van der Waals surface area (Å²) in [5, 5.41) is 15.6. The lowest BCUT2D eigenvalue weighted by molar-refractivity contribution is -0.253. The number of para-hydroxylation sites is 2. The van der Waals surface area contributed by atoms with Gasteiger partial charge in [-0.15, -0.1) is 0 Å². The lowest BCUT2D eigenvalue weighted by Crippen LogP contribution is -2.45. The van der Waals surface area contributed by atoms with Crippen molar-refractivity contribution in [2.24, 2.45) is 0 Å². The van der Waals surface area contributed by atoms with Gasteiger partial charge in [0, 0.05) is 50.5 Å². The minimum atomic E-state index is -0.512. The third-order valence-electron chi connectivity index (χ3n) is 11.5. The number of nitrogens with two attached hydrogens (primary N) is 1. The van der Waals surface area contributed by atoms with Gasteiger partial charge in [0.15, 0.2) is 6.29 Å². The van der Waals surface area contributed by atoms with Gasteiger partial charge in [0.2, 0.25) is 11.8 Å². The molecule has 3 fully saturated rings. The number of hydrogen-bond acceptors (Lipinski definition) is 8. The molecule has 7 rings (SSSR count). The molecule has 0 aliphatic carbocycles. The van der Waals surface area contributed by atoms with E-state index in [1.165, 1.54) is 38.8 Å². The fourth-order valence-electron chi connectivity index (χ4n) is 8.35. The second kappa shape index (κ2) is 19.5. The molecule has 0 saturated carbocycles. The second-order valence-electron chi connectivity index (χ2n) is 15.5. The highest BCUT2D eigenvalue weighted by molar-refractivity contribution is 5.93. The molecule has 5 N–H and O–H groups in total. The number of amides is 2. The SMILES string of the molecule is Nc1ccccc1NC(=O)CCCCC(=O)NCc1ccccc1-c1ccc([C@H]2O[C@@H](CN3CCC[C@H]3CN3CCCC3)C[C@@H](c3ccc(CO)cc3)O2)cc1. The van der Waals surface area contributed by atoms with Crippen LogP contribution in [0.4, 0.5) is 11.4 Å². The summed E-state index contributed by atoms with van der Waals surface area (Å²) in [6.07, 6.45) is 7.16. The molecular formula is C46H57N5O5. The lowest BCUT2D eigenvalue weighted by atomic mass is 9.97. The van der Waals surface area contributed by atoms with Crippen LogP contribution in [0.15, 0.2) is 97.1 Å². The number of nitrogens with zero attached hydrogens (tertiary/aromatic N) is 2. The van der Waals surface area contributed by atoms with Crippen LogP contribution in [0.3, 0.4) is 0 Å². The van der Waals surface area contributed by atoms with Gasteiger partial charge < -0.3 is 35.8 Å². The van der Waals surface area contributed by atoms with Crippen LogP contribution in [0.5, 0.6) is 0 Å². The number of carbonyl (C=O) groups excluding carboxylic acids is 2. The average Bonchev–Trinajstić information content (AvgIpc) is 3.92. The summed E-state index contributed by atoms with van der Waals surface area (Å²) in [5.74, 6) is -0.151. The van der Waals surface area contributed by atoms with Gasteiger partial charge in [-0.1, -0.05) is 84.9 Å². The van der Waals surface area contributed by atoms with Gasteiger partial charge in [0.1, 0.15) is 0 Å². The first-order valence-corrected chi connectivity index (χ1v) is 20.5. The third-order valence-corrected chi connectivity index (χ3v) is 11.5. The molecule has 56 heavy (non-hydrogen) atoms. The zero-order chi connectivity index (χ0) is 38.7. The van der Waals surface area contributed by atoms with E-state index in [-0.39, 0.29) is 30.6 Å². The number of nitrogen functional groups attached to an aromatic ring is 1. The van der Waals surface area contributed by atoms with E-state index in [1.54, 1.807) is 12.1 Å². The number of ether oxygens (including phenoxy) is 2. The van der Waals surface area contributed by atoms with Crippen molar-refractivity contribution in [2.75, 3.05) is 43.8 Å². The maximum absolute atomic E-state index is 12.8. The van der Waals surface area contributed by atoms with Gasteiger partial charge in [0.05, 0.1) is 30.2 Å². The van der Waals surface area contributed by atoms with Crippen molar-refractivity contribution >= 4 is 23.2 Å². The van der Waals surface area contributed by atoms with Crippen molar-refractivity contribution in [3.8, 4) is 11.1 Å². The number of aliphatic hydroxyl groups is 1. The first kappa shape index (κ1) is 39.6. The monoisotopic (exact) mass is 759 g/mol. The van der Waals surface area contributed by atoms with Crippen LogP contribution in [0.25, 0.3) is 11.1 Å². The summed E-state index contributed by atoms with van der Waals surface area (Å²) < 4.78 is 13.5. The van der Waals surface area contributed by atoms with E-state index in [2.05, 4.69) is 62.9 Å². The Hall–Kier alpha value is -4.58. The van der Waals surface area contributed by atoms with Crippen LogP contribution < -0.4 is 16.4 Å². The molecule has 10 heteroatoms. The molecule has 4 aromatic carbocycles. The van der Waals surface area contributed by atoms with Crippen LogP contribution in [-0.4, -0.2) is 71.6 Å². The van der Waals surface area contributed by atoms with Gasteiger partial charge in [-0.3, -0.25) is 14.5 Å². The average molecular weight is 760 g/mol. The van der Waals surface area contributed by atoms with E-state index in [0.717, 1.165) is 59.4 Å². The number of unbranched alkanes of at least 4 members (excludes halogenated alkanes) is 1. The Balaban J connectivity index is 0.957. The van der Waals surface area contributed by atoms with E-state index < -0.39 is 6.29 Å². The van der Waals surface area contributed by atoms with Crippen molar-refractivity contribution < 1.29 is 24.2 Å². The van der Waals surface area contributed by atoms with Gasteiger partial charge in [-0.05, 0) is 98.1 Å². The molecule has 3 aliphatic rings. The zero-order valence-corrected chi connectivity index (χ0v) is 32.4. The summed E-state index contributed by atoms with van der Waals surface area (Å²) >= 11 is 0. The summed E-state index contributed by atoms with van der Waals surface area (Å²) in [6.45, 7) is 6.01. The number of nitrogens with one attached hydrogen (secondary N) is 2. The Bertz CT molecular complexity index is 1880. The van der Waals surface area contributed by atoms with E-state index in [4.69, 9.17) is 15.2 Å². The zero-order valence-electron chi connectivity index (χ0n) is 32.4. The van der Waals surface area contributed by atoms with Crippen LogP contribution >= 0.6 is 0 Å². The molecule has 0 radical (unpaired) electrons. The summed E-state index contributed by atoms with van der Waals surface area (Å²) in [5.41, 5.74) is 13.1. The Morgan fingerprint density at radius 1 is 0.768 bits per heavy atom. The number of hydrogen-bond donors (Lipinski definition) is 4. The van der Waals surface area contributed by atoms with E-state index in [1.807, 2.05) is 42.5 Å². The normalized spacial score (nSPS) is 21.6. The minimum absolute atomic E-state index is 0.0172. The Morgan fingerprint density at radius 3 is 2.25 bits per heavy atom. The molecule has 10 nitrogen and oxygen atoms in total. The lowest BCUT2D eigenvalue weighted by Gasteiger charge is -2.39. The summed E-state index contributed by atoms with van der Waals surface area (Å²) in [7, 11) is 0. The Labute approximate surface area is 331 Å². The first-order valence-electron chi connectivity index (χ1n) is 20.5. The molecule has 3 heterocycles. The van der Waals surface area contributed by atoms with E-state index >= 15 is 0 Å². The van der Waals surface area contributed by atoms with Crippen molar-refractivity contribution in [2.45, 2.75) is 95.5 Å². The molecule has 2 amide bonds. The van der Waals surface area contributed by atoms with Crippen LogP contribution in [0, 0.1) is 0 Å². The van der Waals surface area contributed by atoms with Gasteiger partial charge in [0.25, 0.3) is 0 Å². The number of rotatable bonds is 16. The highest BCUT2D eigenvalue weighted by atomic mass is 16.7. The first-order chi connectivity index (χ1) is 27.4. The van der Waals surface area contributed by atoms with Gasteiger partial charge in [-0.25, -0.2) is 0 Å². The number of anilines is 2. The Kier molecular flexibility index (Phi) is 13.8. The van der Waals surface area contributed by atoms with Gasteiger partial charge in [-0.2, -0.15) is 0 Å². The smallest absolute Gasteiger partial charge is 0.224 e. The molecule has 3 saturated heterocycles. The van der Waals surface area contributed by atoms with E-state index in [0.29, 0.717) is 49.6 Å². The summed E-state index contributed by atoms with van der Waals surface area (Å²) in [6, 6.07) is 32.4. The molecule has 296 valence electrons. The predicted molar refractivity (Wildman–Crippen MR) is 220 cm³/mol. The predicted octanol–water partition coefficient (Wildman–Crippen LogP) is 7.35. The summed E-state index contributed by atoms with van der Waals surface area (Å²) in [4.78, 5) is 30.4. The van der Waals surface area contributed by atoms with Crippen LogP contribution in [-0.2, 0) is 32.2 Å². The number of carbonyl (C=O) groups is 2. The maximum Gasteiger partial charge on any atom is 0.224 e. The fraction of sp³-hybridized carbons (Fsp3) is 0.435. The van der Waals surface area contributed by atoms with Crippen molar-refractivity contribution in [1.82, 2.24) is 15.1 Å². The number of likely N-dealkylation sites (tertiary alicyclic amines) is 2. The largest absolute Gasteiger partial charge is 0.397 e. The molecule has 4 aromatic rings. The molecular weight excluding hydrogens is 703 g/mol. The maximum atomic E-state index is 12.8. The minimum Gasteiger partial charge on any atom is -0.397 e. The standard InChI is InChI=1S/C46H57N5O5/c47-41-13-3-4-14-42(41)49-45(54)16-6-5-15-44(53)48-29-37-10-1-2-12-40(37)34-21-23-36(24-22-34)46-55-39(28-43(56-46)35-19-17-33(32-52)18-20-35)31-51-27-9-11-38(51)30-50-25-7-8-26-50/h1-4,10,12-14,17-24,38-39,43,46,52H,5-9,11,15-16,25-32,47H2,(H,48,53)(H,49,54)/t38-,39+,43-,46-/m0/s1. The topological polar surface area (TPSA) is 129 Å². The fourth-order valence-corrected chi connectivity index (χ4v) is 8.35. The molecule has 0 bridgehead atoms. The second-order valence-corrected chi connectivity index (χ2v) is 15.5. The third kappa shape index (κ3) is 10.6. The highest BCUT2D eigenvalue weighted by Gasteiger charge is 2.36. The molecule has 3 aliphatic heterocycles. The highest BCUT2D eigenvalue weighted by Crippen LogP contribution is 2.39. The van der Waals surface area contributed by atoms with Gasteiger partial charge >= 0.3 is 0 Å². The Morgan fingerprint density at radius 2 is 1.48 bits per heavy atom. The number of benzene rings is 4. The number of aliphatic hydroxyl groups excluding tert-OH is 1. The molecule has 0 aromatic heterocycles. The molecule has 0 spiro atoms.